The number of allylic oxidation sites excluding steroid dienone is 1. The van der Waals surface area contributed by atoms with E-state index in [4.69, 9.17) is 9.15 Å². The van der Waals surface area contributed by atoms with Crippen molar-refractivity contribution in [2.45, 2.75) is 31.0 Å². The van der Waals surface area contributed by atoms with E-state index in [1.165, 1.54) is 0 Å². The molecule has 0 saturated heterocycles. The fraction of sp³-hybridized carbons (Fsp3) is 0.174. The predicted octanol–water partition coefficient (Wildman–Crippen LogP) is 5.30. The Balaban J connectivity index is 1.43. The van der Waals surface area contributed by atoms with Crippen LogP contribution < -0.4 is 4.74 Å². The first-order chi connectivity index (χ1) is 14.7. The molecule has 0 unspecified atom stereocenters. The number of aryl methyl sites for hydroxylation is 1. The Labute approximate surface area is 179 Å². The summed E-state index contributed by atoms with van der Waals surface area (Å²) < 4.78 is 13.5. The van der Waals surface area contributed by atoms with Gasteiger partial charge in [-0.15, -0.1) is 16.8 Å². The van der Waals surface area contributed by atoms with Crippen molar-refractivity contribution in [2.24, 2.45) is 0 Å². The molecule has 4 rings (SSSR count). The largest absolute Gasteiger partial charge is 0.486 e. The predicted molar refractivity (Wildman–Crippen MR) is 117 cm³/mol. The van der Waals surface area contributed by atoms with Gasteiger partial charge in [-0.1, -0.05) is 48.2 Å². The van der Waals surface area contributed by atoms with Gasteiger partial charge in [0.25, 0.3) is 0 Å². The number of ether oxygens (including phenoxy) is 1. The van der Waals surface area contributed by atoms with Crippen LogP contribution in [0, 0.1) is 6.92 Å². The summed E-state index contributed by atoms with van der Waals surface area (Å²) in [4.78, 5) is 4.57. The Kier molecular flexibility index (Phi) is 6.29. The molecular formula is C23H22N4O2S. The van der Waals surface area contributed by atoms with Crippen LogP contribution in [0.25, 0.3) is 11.5 Å². The molecule has 0 fully saturated rings. The summed E-state index contributed by atoms with van der Waals surface area (Å²) in [5.41, 5.74) is 2.96. The third kappa shape index (κ3) is 4.80. The van der Waals surface area contributed by atoms with Crippen molar-refractivity contribution in [3.05, 3.63) is 90.6 Å². The summed E-state index contributed by atoms with van der Waals surface area (Å²) in [7, 11) is 0. The number of nitrogens with zero attached hydrogens (tertiary/aromatic N) is 4. The van der Waals surface area contributed by atoms with Crippen molar-refractivity contribution in [1.82, 2.24) is 19.7 Å². The zero-order valence-corrected chi connectivity index (χ0v) is 17.5. The molecule has 0 spiro atoms. The highest BCUT2D eigenvalue weighted by molar-refractivity contribution is 7.98. The van der Waals surface area contributed by atoms with Gasteiger partial charge in [-0.25, -0.2) is 4.98 Å². The van der Waals surface area contributed by atoms with Crippen molar-refractivity contribution in [2.75, 3.05) is 0 Å². The second kappa shape index (κ2) is 9.45. The van der Waals surface area contributed by atoms with Gasteiger partial charge in [0.1, 0.15) is 18.6 Å². The van der Waals surface area contributed by atoms with E-state index in [2.05, 4.69) is 21.8 Å². The summed E-state index contributed by atoms with van der Waals surface area (Å²) in [6.45, 7) is 6.83. The molecule has 2 aromatic carbocycles. The highest BCUT2D eigenvalue weighted by Crippen LogP contribution is 2.25. The maximum Gasteiger partial charge on any atom is 0.226 e. The molecule has 0 amide bonds. The SMILES string of the molecule is C=CCn1c(COc2cccc(C)c2)nnc1SCc1coc(-c2ccccc2)n1. The third-order valence-electron chi connectivity index (χ3n) is 4.38. The van der Waals surface area contributed by atoms with Crippen LogP contribution >= 0.6 is 11.8 Å². The first kappa shape index (κ1) is 20.0. The second-order valence-corrected chi connectivity index (χ2v) is 7.64. The Morgan fingerprint density at radius 3 is 2.80 bits per heavy atom. The normalized spacial score (nSPS) is 10.8. The molecule has 0 N–H and O–H groups in total. The number of thioether (sulfide) groups is 1. The van der Waals surface area contributed by atoms with E-state index in [0.717, 1.165) is 33.6 Å². The van der Waals surface area contributed by atoms with Gasteiger partial charge in [0.2, 0.25) is 5.89 Å². The molecule has 152 valence electrons. The summed E-state index contributed by atoms with van der Waals surface area (Å²) in [6, 6.07) is 17.8. The van der Waals surface area contributed by atoms with Crippen molar-refractivity contribution in [3.63, 3.8) is 0 Å². The maximum absolute atomic E-state index is 5.89. The van der Waals surface area contributed by atoms with Crippen LogP contribution in [0.2, 0.25) is 0 Å². The molecule has 0 aliphatic carbocycles. The molecule has 0 aliphatic heterocycles. The summed E-state index contributed by atoms with van der Waals surface area (Å²) in [6.07, 6.45) is 3.51. The lowest BCUT2D eigenvalue weighted by molar-refractivity contribution is 0.289. The van der Waals surface area contributed by atoms with Crippen LogP contribution in [0.3, 0.4) is 0 Å². The van der Waals surface area contributed by atoms with Crippen molar-refractivity contribution in [3.8, 4) is 17.2 Å². The summed E-state index contributed by atoms with van der Waals surface area (Å²) >= 11 is 1.56. The summed E-state index contributed by atoms with van der Waals surface area (Å²) in [5, 5.41) is 9.44. The van der Waals surface area contributed by atoms with Gasteiger partial charge in [0.15, 0.2) is 11.0 Å². The van der Waals surface area contributed by atoms with Crippen molar-refractivity contribution in [1.29, 1.82) is 0 Å². The topological polar surface area (TPSA) is 66.0 Å². The highest BCUT2D eigenvalue weighted by atomic mass is 32.2. The van der Waals surface area contributed by atoms with E-state index in [0.29, 0.717) is 24.8 Å². The molecule has 0 aliphatic rings. The monoisotopic (exact) mass is 418 g/mol. The van der Waals surface area contributed by atoms with E-state index in [1.807, 2.05) is 72.2 Å². The number of rotatable bonds is 9. The van der Waals surface area contributed by atoms with Crippen molar-refractivity contribution >= 4 is 11.8 Å². The van der Waals surface area contributed by atoms with E-state index < -0.39 is 0 Å². The Hall–Kier alpha value is -3.32. The van der Waals surface area contributed by atoms with E-state index in [-0.39, 0.29) is 0 Å². The van der Waals surface area contributed by atoms with Crippen LogP contribution in [0.4, 0.5) is 0 Å². The average Bonchev–Trinajstić information content (AvgIpc) is 3.39. The van der Waals surface area contributed by atoms with Gasteiger partial charge in [-0.3, -0.25) is 4.57 Å². The number of aromatic nitrogens is 4. The lowest BCUT2D eigenvalue weighted by Crippen LogP contribution is -2.07. The van der Waals surface area contributed by atoms with Crippen LogP contribution in [0.1, 0.15) is 17.1 Å². The molecule has 0 saturated carbocycles. The number of benzene rings is 2. The molecule has 2 aromatic heterocycles. The van der Waals surface area contributed by atoms with Gasteiger partial charge in [0, 0.05) is 17.9 Å². The van der Waals surface area contributed by atoms with Gasteiger partial charge in [-0.2, -0.15) is 0 Å². The highest BCUT2D eigenvalue weighted by Gasteiger charge is 2.14. The standard InChI is InChI=1S/C23H22N4O2S/c1-3-12-27-21(15-28-20-11-7-8-17(2)13-20)25-26-23(27)30-16-19-14-29-22(24-19)18-9-5-4-6-10-18/h3-11,13-14H,1,12,15-16H2,2H3. The van der Waals surface area contributed by atoms with Crippen LogP contribution in [0.5, 0.6) is 5.75 Å². The number of hydrogen-bond donors (Lipinski definition) is 0. The molecule has 0 atom stereocenters. The van der Waals surface area contributed by atoms with Crippen LogP contribution in [-0.4, -0.2) is 19.7 Å². The number of hydrogen-bond acceptors (Lipinski definition) is 6. The second-order valence-electron chi connectivity index (χ2n) is 6.70. The lowest BCUT2D eigenvalue weighted by atomic mass is 10.2. The van der Waals surface area contributed by atoms with Gasteiger partial charge in [-0.05, 0) is 36.8 Å². The molecule has 30 heavy (non-hydrogen) atoms. The van der Waals surface area contributed by atoms with Crippen LogP contribution in [-0.2, 0) is 18.9 Å². The fourth-order valence-corrected chi connectivity index (χ4v) is 3.77. The minimum absolute atomic E-state index is 0.340. The van der Waals surface area contributed by atoms with Gasteiger partial charge < -0.3 is 9.15 Å². The van der Waals surface area contributed by atoms with Crippen LogP contribution in [0.15, 0.2) is 83.1 Å². The minimum atomic E-state index is 0.340. The van der Waals surface area contributed by atoms with E-state index in [9.17, 15) is 0 Å². The lowest BCUT2D eigenvalue weighted by Gasteiger charge is -2.09. The Morgan fingerprint density at radius 1 is 1.13 bits per heavy atom. The zero-order chi connectivity index (χ0) is 20.8. The molecule has 7 heteroatoms. The molecule has 4 aromatic rings. The zero-order valence-electron chi connectivity index (χ0n) is 16.7. The van der Waals surface area contributed by atoms with E-state index >= 15 is 0 Å². The van der Waals surface area contributed by atoms with Crippen molar-refractivity contribution < 1.29 is 9.15 Å². The average molecular weight is 419 g/mol. The number of oxazole rings is 1. The van der Waals surface area contributed by atoms with Gasteiger partial charge >= 0.3 is 0 Å². The minimum Gasteiger partial charge on any atom is -0.486 e. The maximum atomic E-state index is 5.89. The smallest absolute Gasteiger partial charge is 0.226 e. The molecular weight excluding hydrogens is 396 g/mol. The van der Waals surface area contributed by atoms with Gasteiger partial charge in [0.05, 0.1) is 5.69 Å². The Morgan fingerprint density at radius 2 is 2.00 bits per heavy atom. The molecule has 0 radical (unpaired) electrons. The third-order valence-corrected chi connectivity index (χ3v) is 5.38. The molecule has 0 bridgehead atoms. The first-order valence-electron chi connectivity index (χ1n) is 9.58. The molecule has 2 heterocycles. The summed E-state index contributed by atoms with van der Waals surface area (Å²) in [5.74, 6) is 2.81. The first-order valence-corrected chi connectivity index (χ1v) is 10.6. The fourth-order valence-electron chi connectivity index (χ4n) is 2.92. The van der Waals surface area contributed by atoms with E-state index in [1.54, 1.807) is 18.0 Å². The quantitative estimate of drug-likeness (QED) is 0.271. The Bertz CT molecular complexity index is 1120. The molecule has 6 nitrogen and oxygen atoms in total.